The molecule has 0 spiro atoms. The molecule has 2 aromatic heterocycles. The number of imidazole rings is 1. The maximum Gasteiger partial charge on any atom is 0.183 e. The van der Waals surface area contributed by atoms with E-state index in [1.54, 1.807) is 0 Å². The molecule has 3 N–H and O–H groups in total. The third-order valence-electron chi connectivity index (χ3n) is 4.15. The van der Waals surface area contributed by atoms with Crippen LogP contribution in [0, 0.1) is 4.91 Å². The summed E-state index contributed by atoms with van der Waals surface area (Å²) in [6.45, 7) is 3.58. The fraction of sp³-hybridized carbons (Fsp3) is 0.533. The van der Waals surface area contributed by atoms with Crippen molar-refractivity contribution in [2.45, 2.75) is 38.4 Å². The highest BCUT2D eigenvalue weighted by atomic mass is 16.6. The van der Waals surface area contributed by atoms with Crippen LogP contribution in [0.15, 0.2) is 29.6 Å². The fourth-order valence-corrected chi connectivity index (χ4v) is 2.75. The Kier molecular flexibility index (Phi) is 5.23. The lowest BCUT2D eigenvalue weighted by atomic mass is 10.1. The molecular weight excluding hydrogens is 344 g/mol. The number of fused-ring (bicyclic) bond motifs is 1. The van der Waals surface area contributed by atoms with Gasteiger partial charge in [-0.25, -0.2) is 20.0 Å². The van der Waals surface area contributed by atoms with Crippen molar-refractivity contribution >= 4 is 17.0 Å². The van der Waals surface area contributed by atoms with Crippen LogP contribution in [-0.4, -0.2) is 66.3 Å². The lowest BCUT2D eigenvalue weighted by Crippen LogP contribution is -2.33. The van der Waals surface area contributed by atoms with Gasteiger partial charge in [0.05, 0.1) is 24.8 Å². The molecule has 0 amide bonds. The minimum absolute atomic E-state index is 0.216. The second-order valence-corrected chi connectivity index (χ2v) is 6.20. The molecular formula is C15H20N6O5. The standard InChI is InChI=1S/C15H20N6O5/c1-8(2)3-4-21(19-25)14-10-13(16-6-17-14)20(7-18-10)15-12(24)11(23)9(5-22)26-15/h3,6-7,9,11-12,15,22-24H,4-5H2,1-2H3/t9-,11-,12-,15-/m1/s1. The van der Waals surface area contributed by atoms with Crippen LogP contribution in [0.1, 0.15) is 20.1 Å². The summed E-state index contributed by atoms with van der Waals surface area (Å²) in [5.41, 5.74) is 1.61. The van der Waals surface area contributed by atoms with Crippen molar-refractivity contribution < 1.29 is 20.1 Å². The lowest BCUT2D eigenvalue weighted by molar-refractivity contribution is -0.0511. The first-order chi connectivity index (χ1) is 12.5. The molecule has 26 heavy (non-hydrogen) atoms. The Hall–Kier alpha value is -2.47. The number of nitroso groups, excluding NO2 is 1. The van der Waals surface area contributed by atoms with Crippen molar-refractivity contribution in [1.29, 1.82) is 0 Å². The smallest absolute Gasteiger partial charge is 0.183 e. The minimum atomic E-state index is -1.27. The van der Waals surface area contributed by atoms with Crippen molar-refractivity contribution in [3.63, 3.8) is 0 Å². The van der Waals surface area contributed by atoms with E-state index in [1.165, 1.54) is 17.2 Å². The summed E-state index contributed by atoms with van der Waals surface area (Å²) in [6.07, 6.45) is 0.0249. The number of hydrogen-bond donors (Lipinski definition) is 3. The van der Waals surface area contributed by atoms with Crippen LogP contribution >= 0.6 is 0 Å². The van der Waals surface area contributed by atoms with Gasteiger partial charge in [-0.15, -0.1) is 4.91 Å². The molecule has 0 radical (unpaired) electrons. The topological polar surface area (TPSA) is 146 Å². The SMILES string of the molecule is CC(C)=CCN(N=O)c1ncnc2c1ncn2[C@@H]1O[C@H](CO)[C@@H](O)[C@H]1O. The second kappa shape index (κ2) is 7.41. The second-order valence-electron chi connectivity index (χ2n) is 6.20. The van der Waals surface area contributed by atoms with Crippen molar-refractivity contribution in [3.05, 3.63) is 29.2 Å². The average molecular weight is 364 g/mol. The number of anilines is 1. The van der Waals surface area contributed by atoms with E-state index in [0.29, 0.717) is 11.2 Å². The number of aromatic nitrogens is 4. The Balaban J connectivity index is 1.99. The molecule has 3 rings (SSSR count). The summed E-state index contributed by atoms with van der Waals surface area (Å²) in [5, 5.41) is 33.5. The van der Waals surface area contributed by atoms with Gasteiger partial charge in [0.25, 0.3) is 0 Å². The van der Waals surface area contributed by atoms with Gasteiger partial charge < -0.3 is 20.1 Å². The van der Waals surface area contributed by atoms with E-state index >= 15 is 0 Å². The van der Waals surface area contributed by atoms with E-state index in [9.17, 15) is 20.2 Å². The first kappa shape index (κ1) is 18.3. The molecule has 1 aliphatic heterocycles. The Morgan fingerprint density at radius 1 is 1.35 bits per heavy atom. The van der Waals surface area contributed by atoms with Crippen LogP contribution in [-0.2, 0) is 4.74 Å². The summed E-state index contributed by atoms with van der Waals surface area (Å²) in [6, 6.07) is 0. The molecule has 4 atom stereocenters. The summed E-state index contributed by atoms with van der Waals surface area (Å²) in [5.74, 6) is 0.216. The zero-order valence-electron chi connectivity index (χ0n) is 14.3. The van der Waals surface area contributed by atoms with Crippen molar-refractivity contribution in [2.24, 2.45) is 5.29 Å². The number of hydrogen-bond acceptors (Lipinski definition) is 9. The quantitative estimate of drug-likeness (QED) is 0.363. The summed E-state index contributed by atoms with van der Waals surface area (Å²) in [4.78, 5) is 23.7. The molecule has 11 nitrogen and oxygen atoms in total. The van der Waals surface area contributed by atoms with E-state index in [2.05, 4.69) is 20.2 Å². The van der Waals surface area contributed by atoms with E-state index in [0.717, 1.165) is 10.6 Å². The van der Waals surface area contributed by atoms with E-state index in [1.807, 2.05) is 19.9 Å². The Morgan fingerprint density at radius 3 is 2.73 bits per heavy atom. The van der Waals surface area contributed by atoms with Crippen LogP contribution in [0.3, 0.4) is 0 Å². The van der Waals surface area contributed by atoms with Gasteiger partial charge in [0.2, 0.25) is 0 Å². The predicted octanol–water partition coefficient (Wildman–Crippen LogP) is -0.108. The molecule has 0 bridgehead atoms. The minimum Gasteiger partial charge on any atom is -0.394 e. The molecule has 2 aromatic rings. The first-order valence-corrected chi connectivity index (χ1v) is 8.02. The number of nitrogens with zero attached hydrogens (tertiary/aromatic N) is 6. The molecule has 1 fully saturated rings. The summed E-state index contributed by atoms with van der Waals surface area (Å²) in [7, 11) is 0. The molecule has 0 aromatic carbocycles. The zero-order chi connectivity index (χ0) is 18.8. The van der Waals surface area contributed by atoms with Gasteiger partial charge in [-0.2, -0.15) is 0 Å². The van der Waals surface area contributed by atoms with Crippen molar-refractivity contribution in [1.82, 2.24) is 19.5 Å². The molecule has 140 valence electrons. The van der Waals surface area contributed by atoms with Gasteiger partial charge in [-0.1, -0.05) is 11.6 Å². The molecule has 1 saturated heterocycles. The first-order valence-electron chi connectivity index (χ1n) is 8.02. The summed E-state index contributed by atoms with van der Waals surface area (Å²) >= 11 is 0. The third-order valence-corrected chi connectivity index (χ3v) is 4.15. The number of aliphatic hydroxyl groups excluding tert-OH is 3. The van der Waals surface area contributed by atoms with E-state index in [-0.39, 0.29) is 12.4 Å². The molecule has 0 saturated carbocycles. The highest BCUT2D eigenvalue weighted by Crippen LogP contribution is 2.32. The van der Waals surface area contributed by atoms with Gasteiger partial charge in [0.1, 0.15) is 24.6 Å². The third kappa shape index (κ3) is 3.17. The van der Waals surface area contributed by atoms with Gasteiger partial charge >= 0.3 is 0 Å². The van der Waals surface area contributed by atoms with Crippen molar-refractivity contribution in [2.75, 3.05) is 18.2 Å². The molecule has 0 unspecified atom stereocenters. The van der Waals surface area contributed by atoms with Crippen LogP contribution in [0.5, 0.6) is 0 Å². The van der Waals surface area contributed by atoms with Gasteiger partial charge in [0, 0.05) is 0 Å². The lowest BCUT2D eigenvalue weighted by Gasteiger charge is -2.17. The number of ether oxygens (including phenoxy) is 1. The molecule has 0 aliphatic carbocycles. The van der Waals surface area contributed by atoms with Crippen molar-refractivity contribution in [3.8, 4) is 0 Å². The van der Waals surface area contributed by atoms with Gasteiger partial charge in [-0.3, -0.25) is 4.57 Å². The predicted molar refractivity (Wildman–Crippen MR) is 90.9 cm³/mol. The average Bonchev–Trinajstić information content (AvgIpc) is 3.17. The molecule has 1 aliphatic rings. The van der Waals surface area contributed by atoms with Crippen LogP contribution in [0.4, 0.5) is 5.82 Å². The van der Waals surface area contributed by atoms with E-state index < -0.39 is 31.1 Å². The number of allylic oxidation sites excluding steroid dienone is 1. The largest absolute Gasteiger partial charge is 0.394 e. The Bertz CT molecular complexity index is 820. The normalized spacial score (nSPS) is 25.4. The van der Waals surface area contributed by atoms with Crippen LogP contribution < -0.4 is 5.01 Å². The Morgan fingerprint density at radius 2 is 2.12 bits per heavy atom. The number of rotatable bonds is 6. The van der Waals surface area contributed by atoms with Crippen LogP contribution in [0.2, 0.25) is 0 Å². The van der Waals surface area contributed by atoms with Gasteiger partial charge in [0.15, 0.2) is 23.2 Å². The monoisotopic (exact) mass is 364 g/mol. The molecule has 11 heteroatoms. The number of aliphatic hydroxyl groups is 3. The highest BCUT2D eigenvalue weighted by Gasteiger charge is 2.44. The Labute approximate surface area is 148 Å². The van der Waals surface area contributed by atoms with E-state index in [4.69, 9.17) is 4.74 Å². The van der Waals surface area contributed by atoms with Gasteiger partial charge in [-0.05, 0) is 13.8 Å². The maximum absolute atomic E-state index is 11.2. The molecule has 3 heterocycles. The maximum atomic E-state index is 11.2. The fourth-order valence-electron chi connectivity index (χ4n) is 2.75. The van der Waals surface area contributed by atoms with Crippen LogP contribution in [0.25, 0.3) is 11.2 Å². The zero-order valence-corrected chi connectivity index (χ0v) is 14.3. The summed E-state index contributed by atoms with van der Waals surface area (Å²) < 4.78 is 6.92. The highest BCUT2D eigenvalue weighted by molar-refractivity contribution is 5.83.